The second-order valence-corrected chi connectivity index (χ2v) is 2.55. The van der Waals surface area contributed by atoms with Crippen molar-refractivity contribution < 1.29 is 0 Å². The highest BCUT2D eigenvalue weighted by Crippen LogP contribution is 2.10. The predicted molar refractivity (Wildman–Crippen MR) is 57.7 cm³/mol. The van der Waals surface area contributed by atoms with Crippen LogP contribution in [0.5, 0.6) is 0 Å². The van der Waals surface area contributed by atoms with Crippen LogP contribution >= 0.6 is 25.3 Å². The molecule has 0 saturated carbocycles. The Morgan fingerprint density at radius 3 is 1.33 bits per heavy atom. The van der Waals surface area contributed by atoms with Crippen LogP contribution in [0.2, 0.25) is 0 Å². The van der Waals surface area contributed by atoms with E-state index in [9.17, 15) is 0 Å². The van der Waals surface area contributed by atoms with Gasteiger partial charge in [0.05, 0.1) is 0 Å². The van der Waals surface area contributed by atoms with Crippen LogP contribution in [0.15, 0.2) is 34.1 Å². The molecule has 1 aromatic carbocycles. The normalized spacial score (nSPS) is 7.17. The smallest absolute Gasteiger partial charge is 0.00510 e. The molecule has 0 heterocycles. The minimum absolute atomic E-state index is 0.956. The first-order valence-electron chi connectivity index (χ1n) is 2.94. The van der Waals surface area contributed by atoms with Gasteiger partial charge in [-0.2, -0.15) is 0 Å². The first-order valence-corrected chi connectivity index (χ1v) is 3.83. The molecule has 12 heavy (non-hydrogen) atoms. The molecule has 0 radical (unpaired) electrons. The van der Waals surface area contributed by atoms with Crippen molar-refractivity contribution in [1.82, 2.24) is 0 Å². The number of benzene rings is 1. The summed E-state index contributed by atoms with van der Waals surface area (Å²) >= 11 is 8.21. The number of nitrogens with two attached hydrogens (primary N) is 4. The highest BCUT2D eigenvalue weighted by Gasteiger charge is 1.82. The average molecular weight is 206 g/mol. The van der Waals surface area contributed by atoms with E-state index in [4.69, 9.17) is 0 Å². The van der Waals surface area contributed by atoms with E-state index in [2.05, 4.69) is 48.6 Å². The quantitative estimate of drug-likeness (QED) is 0.203. The van der Waals surface area contributed by atoms with Crippen LogP contribution in [0.1, 0.15) is 0 Å². The molecule has 0 aliphatic rings. The molecule has 70 valence electrons. The summed E-state index contributed by atoms with van der Waals surface area (Å²) < 4.78 is 0. The van der Waals surface area contributed by atoms with Gasteiger partial charge >= 0.3 is 0 Å². The molecule has 0 saturated heterocycles. The van der Waals surface area contributed by atoms with Crippen molar-refractivity contribution >= 4 is 25.3 Å². The second kappa shape index (κ2) is 10.8. The van der Waals surface area contributed by atoms with Crippen LogP contribution in [0.4, 0.5) is 0 Å². The lowest BCUT2D eigenvalue weighted by Gasteiger charge is -1.89. The molecule has 1 aromatic rings. The molecular weight excluding hydrogens is 192 g/mol. The predicted octanol–water partition coefficient (Wildman–Crippen LogP) is -0.0984. The first kappa shape index (κ1) is 14.3. The maximum atomic E-state index is 4.11. The van der Waals surface area contributed by atoms with E-state index in [1.54, 1.807) is 0 Å². The molecular formula is C6H14N4S2. The Hall–Kier alpha value is -0.240. The van der Waals surface area contributed by atoms with Crippen LogP contribution in [0.3, 0.4) is 0 Å². The van der Waals surface area contributed by atoms with Crippen molar-refractivity contribution in [2.75, 3.05) is 0 Å². The van der Waals surface area contributed by atoms with Gasteiger partial charge < -0.3 is 0 Å². The van der Waals surface area contributed by atoms with Gasteiger partial charge in [0.1, 0.15) is 0 Å². The van der Waals surface area contributed by atoms with Crippen molar-refractivity contribution in [2.24, 2.45) is 23.4 Å². The fourth-order valence-corrected chi connectivity index (χ4v) is 1.05. The largest absolute Gasteiger partial charge is 0.274 e. The lowest BCUT2D eigenvalue weighted by atomic mass is 10.4. The van der Waals surface area contributed by atoms with E-state index in [-0.39, 0.29) is 0 Å². The molecule has 6 heteroatoms. The van der Waals surface area contributed by atoms with E-state index in [1.807, 2.05) is 24.3 Å². The summed E-state index contributed by atoms with van der Waals surface area (Å²) in [6.07, 6.45) is 0. The number of hydrogen-bond acceptors (Lipinski definition) is 6. The third-order valence-electron chi connectivity index (χ3n) is 0.830. The van der Waals surface area contributed by atoms with Gasteiger partial charge in [-0.15, -0.1) is 25.3 Å². The molecule has 0 spiro atoms. The SMILES string of the molecule is NN.NN.Sc1cccc(S)c1. The maximum absolute atomic E-state index is 4.11. The van der Waals surface area contributed by atoms with Gasteiger partial charge in [0.2, 0.25) is 0 Å². The minimum Gasteiger partial charge on any atom is -0.274 e. The van der Waals surface area contributed by atoms with Crippen LogP contribution < -0.4 is 23.4 Å². The summed E-state index contributed by atoms with van der Waals surface area (Å²) in [6.45, 7) is 0. The Bertz CT molecular complexity index is 177. The van der Waals surface area contributed by atoms with Crippen molar-refractivity contribution in [2.45, 2.75) is 9.79 Å². The Balaban J connectivity index is 0. The molecule has 0 fully saturated rings. The molecule has 0 aromatic heterocycles. The molecule has 8 N–H and O–H groups in total. The summed E-state index contributed by atoms with van der Waals surface area (Å²) in [5.41, 5.74) is 0. The number of rotatable bonds is 0. The zero-order valence-electron chi connectivity index (χ0n) is 6.51. The van der Waals surface area contributed by atoms with Crippen molar-refractivity contribution in [3.63, 3.8) is 0 Å². The van der Waals surface area contributed by atoms with E-state index in [1.165, 1.54) is 0 Å². The summed E-state index contributed by atoms with van der Waals surface area (Å²) in [7, 11) is 0. The molecule has 0 aliphatic heterocycles. The fourth-order valence-electron chi connectivity index (χ4n) is 0.493. The van der Waals surface area contributed by atoms with Gasteiger partial charge in [-0.1, -0.05) is 6.07 Å². The highest BCUT2D eigenvalue weighted by molar-refractivity contribution is 7.81. The van der Waals surface area contributed by atoms with Crippen molar-refractivity contribution in [3.8, 4) is 0 Å². The van der Waals surface area contributed by atoms with Gasteiger partial charge in [-0.3, -0.25) is 23.4 Å². The average Bonchev–Trinajstić information content (AvgIpc) is 2.11. The Kier molecular flexibility index (Phi) is 12.8. The van der Waals surface area contributed by atoms with Gasteiger partial charge in [-0.05, 0) is 18.2 Å². The summed E-state index contributed by atoms with van der Waals surface area (Å²) in [4.78, 5) is 1.91. The van der Waals surface area contributed by atoms with E-state index in [0.717, 1.165) is 9.79 Å². The monoisotopic (exact) mass is 206 g/mol. The van der Waals surface area contributed by atoms with Gasteiger partial charge in [0.15, 0.2) is 0 Å². The molecule has 0 bridgehead atoms. The summed E-state index contributed by atoms with van der Waals surface area (Å²) in [5.74, 6) is 16.0. The van der Waals surface area contributed by atoms with E-state index >= 15 is 0 Å². The zero-order valence-corrected chi connectivity index (χ0v) is 8.30. The first-order chi connectivity index (χ1) is 5.79. The highest BCUT2D eigenvalue weighted by atomic mass is 32.1. The standard InChI is InChI=1S/C6H6S2.2H4N2/c7-5-2-1-3-6(8)4-5;2*1-2/h1-4,7-8H;2*1-2H2. The Morgan fingerprint density at radius 1 is 0.833 bits per heavy atom. The number of hydrogen-bond donors (Lipinski definition) is 6. The lowest BCUT2D eigenvalue weighted by Crippen LogP contribution is -2.02. The van der Waals surface area contributed by atoms with Crippen LogP contribution in [0.25, 0.3) is 0 Å². The third kappa shape index (κ3) is 7.86. The lowest BCUT2D eigenvalue weighted by molar-refractivity contribution is 1.26. The molecule has 0 aliphatic carbocycles. The Morgan fingerprint density at radius 2 is 1.17 bits per heavy atom. The zero-order chi connectivity index (χ0) is 9.98. The second-order valence-electron chi connectivity index (χ2n) is 1.52. The molecule has 0 unspecified atom stereocenters. The van der Waals surface area contributed by atoms with E-state index < -0.39 is 0 Å². The summed E-state index contributed by atoms with van der Waals surface area (Å²) in [6, 6.07) is 7.66. The van der Waals surface area contributed by atoms with Crippen molar-refractivity contribution in [1.29, 1.82) is 0 Å². The van der Waals surface area contributed by atoms with Crippen LogP contribution in [-0.2, 0) is 0 Å². The van der Waals surface area contributed by atoms with Gasteiger partial charge in [-0.25, -0.2) is 0 Å². The third-order valence-corrected chi connectivity index (χ3v) is 1.39. The van der Waals surface area contributed by atoms with Crippen LogP contribution in [0, 0.1) is 0 Å². The van der Waals surface area contributed by atoms with Crippen molar-refractivity contribution in [3.05, 3.63) is 24.3 Å². The molecule has 0 amide bonds. The molecule has 0 atom stereocenters. The summed E-state index contributed by atoms with van der Waals surface area (Å²) in [5, 5.41) is 0. The number of hydrazine groups is 2. The topological polar surface area (TPSA) is 104 Å². The fraction of sp³-hybridized carbons (Fsp3) is 0. The van der Waals surface area contributed by atoms with Gasteiger partial charge in [0.25, 0.3) is 0 Å². The maximum Gasteiger partial charge on any atom is 0.00510 e. The molecule has 1 rings (SSSR count). The minimum atomic E-state index is 0.956. The van der Waals surface area contributed by atoms with Gasteiger partial charge in [0, 0.05) is 9.79 Å². The van der Waals surface area contributed by atoms with E-state index in [0.29, 0.717) is 0 Å². The number of thiol groups is 2. The van der Waals surface area contributed by atoms with Crippen LogP contribution in [-0.4, -0.2) is 0 Å². The Labute approximate surface area is 83.1 Å². The molecule has 4 nitrogen and oxygen atoms in total.